The highest BCUT2D eigenvalue weighted by molar-refractivity contribution is 8.00. The Kier molecular flexibility index (Phi) is 6.73. The van der Waals surface area contributed by atoms with Gasteiger partial charge in [0.15, 0.2) is 10.1 Å². The van der Waals surface area contributed by atoms with E-state index in [0.717, 1.165) is 25.9 Å². The number of carbonyl (C=O) groups excluding carboxylic acids is 1. The third-order valence-corrected chi connectivity index (χ3v) is 7.27. The molecule has 4 rings (SSSR count). The lowest BCUT2D eigenvalue weighted by atomic mass is 9.88. The van der Waals surface area contributed by atoms with Gasteiger partial charge in [0.25, 0.3) is 5.91 Å². The third kappa shape index (κ3) is 4.99. The van der Waals surface area contributed by atoms with E-state index >= 15 is 0 Å². The van der Waals surface area contributed by atoms with Gasteiger partial charge in [-0.15, -0.1) is 10.2 Å². The Morgan fingerprint density at radius 1 is 1.10 bits per heavy atom. The van der Waals surface area contributed by atoms with Crippen molar-refractivity contribution < 1.29 is 9.21 Å². The van der Waals surface area contributed by atoms with Gasteiger partial charge in [-0.3, -0.25) is 4.79 Å². The van der Waals surface area contributed by atoms with E-state index in [2.05, 4.69) is 41.5 Å². The molecule has 0 fully saturated rings. The second-order valence-electron chi connectivity index (χ2n) is 7.75. The first-order chi connectivity index (χ1) is 15.0. The zero-order valence-corrected chi connectivity index (χ0v) is 19.4. The van der Waals surface area contributed by atoms with Gasteiger partial charge >= 0.3 is 0 Å². The summed E-state index contributed by atoms with van der Waals surface area (Å²) < 4.78 is 6.88. The molecular weight excluding hydrogens is 426 g/mol. The Bertz CT molecular complexity index is 1170. The van der Waals surface area contributed by atoms with Crippen molar-refractivity contribution in [2.45, 2.75) is 36.8 Å². The minimum atomic E-state index is -0.179. The fourth-order valence-electron chi connectivity index (χ4n) is 3.62. The average molecular weight is 452 g/mol. The number of fused-ring (bicyclic) bond motifs is 1. The van der Waals surface area contributed by atoms with Gasteiger partial charge in [-0.25, -0.2) is 0 Å². The predicted molar refractivity (Wildman–Crippen MR) is 127 cm³/mol. The van der Waals surface area contributed by atoms with Crippen LogP contribution in [0.15, 0.2) is 63.4 Å². The highest BCUT2D eigenvalue weighted by Crippen LogP contribution is 2.33. The minimum absolute atomic E-state index is 0.179. The van der Waals surface area contributed by atoms with Crippen LogP contribution < -0.4 is 5.32 Å². The summed E-state index contributed by atoms with van der Waals surface area (Å²) in [5.74, 6) is 1.43. The maximum atomic E-state index is 13.2. The Morgan fingerprint density at radius 3 is 2.55 bits per heavy atom. The van der Waals surface area contributed by atoms with E-state index in [1.165, 1.54) is 5.56 Å². The molecule has 4 aromatic rings. The van der Waals surface area contributed by atoms with Crippen molar-refractivity contribution in [3.05, 3.63) is 76.5 Å². The number of aromatic nitrogens is 2. The Hall–Kier alpha value is -2.64. The summed E-state index contributed by atoms with van der Waals surface area (Å²) in [5.41, 5.74) is 2.84. The molecule has 0 radical (unpaired) electrons. The predicted octanol–water partition coefficient (Wildman–Crippen LogP) is 6.05. The zero-order valence-electron chi connectivity index (χ0n) is 17.8. The first-order valence-corrected chi connectivity index (χ1v) is 12.1. The molecule has 2 heterocycles. The molecule has 0 aliphatic heterocycles. The number of rotatable bonds is 8. The molecule has 0 saturated heterocycles. The lowest BCUT2D eigenvalue weighted by molar-refractivity contribution is 0.0922. The monoisotopic (exact) mass is 451 g/mol. The number of furan rings is 1. The number of nitrogens with zero attached hydrogens (tertiary/aromatic N) is 2. The van der Waals surface area contributed by atoms with Crippen LogP contribution in [0.1, 0.15) is 46.5 Å². The fraction of sp³-hybridized carbons (Fsp3) is 0.292. The van der Waals surface area contributed by atoms with Crippen LogP contribution in [0.4, 0.5) is 0 Å². The molecule has 7 heteroatoms. The highest BCUT2D eigenvalue weighted by atomic mass is 32.2. The molecule has 0 bridgehead atoms. The van der Waals surface area contributed by atoms with Crippen molar-refractivity contribution in [2.24, 2.45) is 5.92 Å². The van der Waals surface area contributed by atoms with Crippen LogP contribution in [0.2, 0.25) is 0 Å². The Morgan fingerprint density at radius 2 is 1.84 bits per heavy atom. The molecule has 1 atom stereocenters. The minimum Gasteiger partial charge on any atom is -0.451 e. The number of carbonyl (C=O) groups is 1. The van der Waals surface area contributed by atoms with Gasteiger partial charge in [0.1, 0.15) is 10.6 Å². The summed E-state index contributed by atoms with van der Waals surface area (Å²) in [6.45, 7) is 6.85. The number of benzene rings is 2. The van der Waals surface area contributed by atoms with E-state index in [-0.39, 0.29) is 11.8 Å². The van der Waals surface area contributed by atoms with Crippen molar-refractivity contribution in [2.75, 3.05) is 6.54 Å². The second-order valence-corrected chi connectivity index (χ2v) is 10.2. The smallest absolute Gasteiger partial charge is 0.287 e. The molecule has 1 amide bonds. The van der Waals surface area contributed by atoms with E-state index < -0.39 is 0 Å². The summed E-state index contributed by atoms with van der Waals surface area (Å²) in [4.78, 5) is 13.2. The van der Waals surface area contributed by atoms with E-state index in [1.807, 2.05) is 49.4 Å². The molecule has 160 valence electrons. The average Bonchev–Trinajstić information content (AvgIpc) is 3.36. The molecule has 0 aliphatic carbocycles. The van der Waals surface area contributed by atoms with E-state index in [9.17, 15) is 4.79 Å². The van der Waals surface area contributed by atoms with Gasteiger partial charge in [-0.1, -0.05) is 85.5 Å². The maximum Gasteiger partial charge on any atom is 0.287 e. The number of aryl methyl sites for hydroxylation is 1. The molecule has 31 heavy (non-hydrogen) atoms. The van der Waals surface area contributed by atoms with Crippen molar-refractivity contribution in [3.63, 3.8) is 0 Å². The van der Waals surface area contributed by atoms with Crippen LogP contribution >= 0.6 is 23.1 Å². The van der Waals surface area contributed by atoms with Crippen molar-refractivity contribution >= 4 is 40.0 Å². The zero-order chi connectivity index (χ0) is 21.8. The SMILES string of the molecule is Cc1nnc(SCc2c(C(=O)NCC(c3ccccc3)C(C)C)oc3ccccc23)s1. The van der Waals surface area contributed by atoms with Crippen molar-refractivity contribution in [1.82, 2.24) is 15.5 Å². The fourth-order valence-corrected chi connectivity index (χ4v) is 5.46. The molecule has 5 nitrogen and oxygen atoms in total. The number of thioether (sulfide) groups is 1. The van der Waals surface area contributed by atoms with Crippen LogP contribution in [-0.2, 0) is 5.75 Å². The van der Waals surface area contributed by atoms with Crippen LogP contribution in [0.5, 0.6) is 0 Å². The molecule has 2 aromatic carbocycles. The van der Waals surface area contributed by atoms with E-state index in [0.29, 0.717) is 24.0 Å². The van der Waals surface area contributed by atoms with Crippen LogP contribution in [0, 0.1) is 12.8 Å². The summed E-state index contributed by atoms with van der Waals surface area (Å²) in [5, 5.41) is 13.3. The topological polar surface area (TPSA) is 68.0 Å². The molecule has 0 spiro atoms. The van der Waals surface area contributed by atoms with E-state index in [4.69, 9.17) is 4.42 Å². The summed E-state index contributed by atoms with van der Waals surface area (Å²) in [7, 11) is 0. The quantitative estimate of drug-likeness (QED) is 0.330. The molecule has 1 unspecified atom stereocenters. The van der Waals surface area contributed by atoms with Crippen LogP contribution in [0.3, 0.4) is 0 Å². The summed E-state index contributed by atoms with van der Waals surface area (Å²) in [6.07, 6.45) is 0. The number of hydrogen-bond donors (Lipinski definition) is 1. The first-order valence-electron chi connectivity index (χ1n) is 10.3. The highest BCUT2D eigenvalue weighted by Gasteiger charge is 2.23. The number of hydrogen-bond acceptors (Lipinski definition) is 6. The Balaban J connectivity index is 1.55. The molecule has 1 N–H and O–H groups in total. The number of para-hydroxylation sites is 1. The number of nitrogens with one attached hydrogen (secondary N) is 1. The van der Waals surface area contributed by atoms with Gasteiger partial charge < -0.3 is 9.73 Å². The van der Waals surface area contributed by atoms with Gasteiger partial charge in [0.05, 0.1) is 0 Å². The Labute approximate surface area is 190 Å². The van der Waals surface area contributed by atoms with Crippen molar-refractivity contribution in [1.29, 1.82) is 0 Å². The second kappa shape index (κ2) is 9.66. The summed E-state index contributed by atoms with van der Waals surface area (Å²) >= 11 is 3.13. The van der Waals surface area contributed by atoms with Crippen LogP contribution in [-0.4, -0.2) is 22.6 Å². The van der Waals surface area contributed by atoms with Gasteiger partial charge in [0.2, 0.25) is 0 Å². The van der Waals surface area contributed by atoms with Crippen molar-refractivity contribution in [3.8, 4) is 0 Å². The standard InChI is InChI=1S/C24H25N3O2S2/c1-15(2)19(17-9-5-4-6-10-17)13-25-23(28)22-20(14-30-24-27-26-16(3)31-24)18-11-7-8-12-21(18)29-22/h4-12,15,19H,13-14H2,1-3H3,(H,25,28). The maximum absolute atomic E-state index is 13.2. The van der Waals surface area contributed by atoms with E-state index in [1.54, 1.807) is 23.1 Å². The van der Waals surface area contributed by atoms with Gasteiger partial charge in [0, 0.05) is 29.2 Å². The first kappa shape index (κ1) is 21.6. The molecule has 0 aliphatic rings. The normalized spacial score (nSPS) is 12.4. The largest absolute Gasteiger partial charge is 0.451 e. The summed E-state index contributed by atoms with van der Waals surface area (Å²) in [6, 6.07) is 18.1. The molecular formula is C24H25N3O2S2. The third-order valence-electron chi connectivity index (χ3n) is 5.27. The molecule has 0 saturated carbocycles. The number of amides is 1. The molecule has 2 aromatic heterocycles. The van der Waals surface area contributed by atoms with Crippen LogP contribution in [0.25, 0.3) is 11.0 Å². The lowest BCUT2D eigenvalue weighted by Crippen LogP contribution is -2.30. The van der Waals surface area contributed by atoms with Gasteiger partial charge in [-0.05, 0) is 24.5 Å². The van der Waals surface area contributed by atoms with Gasteiger partial charge in [-0.2, -0.15) is 0 Å². The lowest BCUT2D eigenvalue weighted by Gasteiger charge is -2.21.